The predicted molar refractivity (Wildman–Crippen MR) is 118 cm³/mol. The highest BCUT2D eigenvalue weighted by atomic mass is 16.6. The van der Waals surface area contributed by atoms with Crippen molar-refractivity contribution in [3.63, 3.8) is 0 Å². The first-order chi connectivity index (χ1) is 14.9. The third-order valence-corrected chi connectivity index (χ3v) is 5.55. The molecule has 160 valence electrons. The lowest BCUT2D eigenvalue weighted by molar-refractivity contribution is -0.220. The standard InChI is InChI=1S/C26H26O5/c1-18-6-11-24(19(2)12-18)21-5-3-4-20(13-21)14-30-23-9-7-22(8-10-23)26(16-29-17-26)31-15-25(27)28/h3-13H,14-17H2,1-2H3,(H,27,28). The van der Waals surface area contributed by atoms with Gasteiger partial charge in [0.2, 0.25) is 0 Å². The molecule has 5 heteroatoms. The largest absolute Gasteiger partial charge is 0.489 e. The van der Waals surface area contributed by atoms with Gasteiger partial charge in [0, 0.05) is 0 Å². The molecule has 0 aromatic heterocycles. The third kappa shape index (κ3) is 4.79. The lowest BCUT2D eigenvalue weighted by Gasteiger charge is -2.41. The summed E-state index contributed by atoms with van der Waals surface area (Å²) in [5.41, 5.74) is 6.22. The SMILES string of the molecule is Cc1ccc(-c2cccc(COc3ccc(C4(OCC(=O)O)COC4)cc3)c2)c(C)c1. The average Bonchev–Trinajstić information content (AvgIpc) is 2.72. The van der Waals surface area contributed by atoms with E-state index in [9.17, 15) is 4.79 Å². The number of aliphatic carboxylic acids is 1. The first-order valence-corrected chi connectivity index (χ1v) is 10.3. The van der Waals surface area contributed by atoms with Crippen molar-refractivity contribution in [1.82, 2.24) is 0 Å². The van der Waals surface area contributed by atoms with E-state index in [4.69, 9.17) is 19.3 Å². The summed E-state index contributed by atoms with van der Waals surface area (Å²) in [7, 11) is 0. The van der Waals surface area contributed by atoms with Gasteiger partial charge in [-0.25, -0.2) is 4.79 Å². The number of rotatable bonds is 8. The van der Waals surface area contributed by atoms with Crippen LogP contribution in [-0.2, 0) is 26.5 Å². The van der Waals surface area contributed by atoms with E-state index in [1.165, 1.54) is 22.3 Å². The van der Waals surface area contributed by atoms with E-state index in [2.05, 4.69) is 56.3 Å². The van der Waals surface area contributed by atoms with Crippen LogP contribution in [0.4, 0.5) is 0 Å². The maximum atomic E-state index is 10.9. The Morgan fingerprint density at radius 2 is 1.81 bits per heavy atom. The molecule has 0 bridgehead atoms. The molecule has 1 fully saturated rings. The zero-order valence-corrected chi connectivity index (χ0v) is 17.8. The molecule has 1 aliphatic rings. The van der Waals surface area contributed by atoms with Crippen LogP contribution in [0.2, 0.25) is 0 Å². The second-order valence-corrected chi connectivity index (χ2v) is 8.00. The number of ether oxygens (including phenoxy) is 3. The van der Waals surface area contributed by atoms with E-state index in [0.29, 0.717) is 19.8 Å². The number of carboxylic acids is 1. The molecule has 3 aromatic carbocycles. The highest BCUT2D eigenvalue weighted by Gasteiger charge is 2.42. The van der Waals surface area contributed by atoms with E-state index in [-0.39, 0.29) is 6.61 Å². The molecule has 1 N–H and O–H groups in total. The first-order valence-electron chi connectivity index (χ1n) is 10.3. The molecule has 1 aliphatic heterocycles. The minimum atomic E-state index is -0.991. The summed E-state index contributed by atoms with van der Waals surface area (Å²) in [5, 5.41) is 8.90. The summed E-state index contributed by atoms with van der Waals surface area (Å²) in [5.74, 6) is -0.247. The Balaban J connectivity index is 1.42. The van der Waals surface area contributed by atoms with Crippen molar-refractivity contribution in [2.24, 2.45) is 0 Å². The van der Waals surface area contributed by atoms with Crippen molar-refractivity contribution >= 4 is 5.97 Å². The van der Waals surface area contributed by atoms with Crippen molar-refractivity contribution in [1.29, 1.82) is 0 Å². The van der Waals surface area contributed by atoms with Crippen LogP contribution in [0.15, 0.2) is 66.7 Å². The van der Waals surface area contributed by atoms with Crippen LogP contribution >= 0.6 is 0 Å². The molecule has 3 aromatic rings. The number of hydrogen-bond donors (Lipinski definition) is 1. The molecule has 0 aliphatic carbocycles. The van der Waals surface area contributed by atoms with Crippen LogP contribution < -0.4 is 4.74 Å². The quantitative estimate of drug-likeness (QED) is 0.565. The number of hydrogen-bond acceptors (Lipinski definition) is 4. The van der Waals surface area contributed by atoms with Gasteiger partial charge in [0.1, 0.15) is 24.6 Å². The van der Waals surface area contributed by atoms with E-state index >= 15 is 0 Å². The van der Waals surface area contributed by atoms with Crippen LogP contribution in [0, 0.1) is 13.8 Å². The fourth-order valence-corrected chi connectivity index (χ4v) is 3.81. The van der Waals surface area contributed by atoms with E-state index in [1.54, 1.807) is 0 Å². The normalized spacial score (nSPS) is 14.6. The van der Waals surface area contributed by atoms with Crippen LogP contribution in [0.3, 0.4) is 0 Å². The Labute approximate surface area is 182 Å². The number of aryl methyl sites for hydroxylation is 2. The van der Waals surface area contributed by atoms with Crippen molar-refractivity contribution in [2.45, 2.75) is 26.1 Å². The van der Waals surface area contributed by atoms with Gasteiger partial charge in [-0.05, 0) is 59.9 Å². The number of carbonyl (C=O) groups is 1. The Hall–Kier alpha value is -3.15. The average molecular weight is 418 g/mol. The molecule has 0 atom stereocenters. The molecule has 0 saturated carbocycles. The first kappa shape index (κ1) is 21.1. The predicted octanol–water partition coefficient (Wildman–Crippen LogP) is 4.88. The fourth-order valence-electron chi connectivity index (χ4n) is 3.81. The zero-order chi connectivity index (χ0) is 21.8. The Kier molecular flexibility index (Phi) is 6.07. The minimum Gasteiger partial charge on any atom is -0.489 e. The Morgan fingerprint density at radius 1 is 1.03 bits per heavy atom. The lowest BCUT2D eigenvalue weighted by atomic mass is 9.91. The Bertz CT molecular complexity index is 1070. The van der Waals surface area contributed by atoms with Crippen LogP contribution in [-0.4, -0.2) is 30.9 Å². The van der Waals surface area contributed by atoms with Crippen molar-refractivity contribution in [3.8, 4) is 16.9 Å². The molecule has 5 nitrogen and oxygen atoms in total. The molecular weight excluding hydrogens is 392 g/mol. The summed E-state index contributed by atoms with van der Waals surface area (Å²) in [6.45, 7) is 5.05. The van der Waals surface area contributed by atoms with Crippen molar-refractivity contribution in [2.75, 3.05) is 19.8 Å². The van der Waals surface area contributed by atoms with Crippen LogP contribution in [0.5, 0.6) is 5.75 Å². The molecule has 1 heterocycles. The second kappa shape index (κ2) is 8.92. The zero-order valence-electron chi connectivity index (χ0n) is 17.8. The maximum absolute atomic E-state index is 10.9. The summed E-state index contributed by atoms with van der Waals surface area (Å²) in [6.07, 6.45) is 0. The fraction of sp³-hybridized carbons (Fsp3) is 0.269. The van der Waals surface area contributed by atoms with Gasteiger partial charge in [0.15, 0.2) is 0 Å². The molecular formula is C26H26O5. The van der Waals surface area contributed by atoms with Gasteiger partial charge >= 0.3 is 5.97 Å². The summed E-state index contributed by atoms with van der Waals surface area (Å²) in [6, 6.07) is 22.5. The van der Waals surface area contributed by atoms with E-state index in [0.717, 1.165) is 16.9 Å². The lowest BCUT2D eigenvalue weighted by Crippen LogP contribution is -2.49. The smallest absolute Gasteiger partial charge is 0.329 e. The summed E-state index contributed by atoms with van der Waals surface area (Å²) >= 11 is 0. The van der Waals surface area contributed by atoms with Gasteiger partial charge in [-0.3, -0.25) is 0 Å². The minimum absolute atomic E-state index is 0.349. The number of carboxylic acid groups (broad SMARTS) is 1. The molecule has 31 heavy (non-hydrogen) atoms. The van der Waals surface area contributed by atoms with Crippen LogP contribution in [0.25, 0.3) is 11.1 Å². The van der Waals surface area contributed by atoms with Gasteiger partial charge in [0.05, 0.1) is 13.2 Å². The molecule has 0 amide bonds. The van der Waals surface area contributed by atoms with Gasteiger partial charge in [0.25, 0.3) is 0 Å². The Morgan fingerprint density at radius 3 is 2.45 bits per heavy atom. The van der Waals surface area contributed by atoms with Crippen LogP contribution in [0.1, 0.15) is 22.3 Å². The van der Waals surface area contributed by atoms with Gasteiger partial charge in [-0.1, -0.05) is 54.1 Å². The van der Waals surface area contributed by atoms with Gasteiger partial charge < -0.3 is 19.3 Å². The van der Waals surface area contributed by atoms with Crippen molar-refractivity contribution in [3.05, 3.63) is 89.0 Å². The topological polar surface area (TPSA) is 65.0 Å². The molecule has 0 radical (unpaired) electrons. The highest BCUT2D eigenvalue weighted by Crippen LogP contribution is 2.34. The van der Waals surface area contributed by atoms with Gasteiger partial charge in [-0.15, -0.1) is 0 Å². The molecule has 0 spiro atoms. The highest BCUT2D eigenvalue weighted by molar-refractivity contribution is 5.68. The molecule has 4 rings (SSSR count). The third-order valence-electron chi connectivity index (χ3n) is 5.55. The number of benzene rings is 3. The maximum Gasteiger partial charge on any atom is 0.329 e. The molecule has 0 unspecified atom stereocenters. The summed E-state index contributed by atoms with van der Waals surface area (Å²) in [4.78, 5) is 10.9. The summed E-state index contributed by atoms with van der Waals surface area (Å²) < 4.78 is 16.8. The van der Waals surface area contributed by atoms with Gasteiger partial charge in [-0.2, -0.15) is 0 Å². The second-order valence-electron chi connectivity index (χ2n) is 8.00. The van der Waals surface area contributed by atoms with E-state index in [1.807, 2.05) is 24.3 Å². The monoisotopic (exact) mass is 418 g/mol. The van der Waals surface area contributed by atoms with Crippen molar-refractivity contribution < 1.29 is 24.1 Å². The van der Waals surface area contributed by atoms with E-state index < -0.39 is 11.6 Å². The molecule has 1 saturated heterocycles.